The number of aliphatic imine (C=N–C) groups is 1. The Labute approximate surface area is 413 Å². The number of aromatic nitrogens is 3. The molecule has 0 radical (unpaired) electrons. The number of fused-ring (bicyclic) bond motifs is 4. The molecular formula is C49H54Cl2N8O7S2. The lowest BCUT2D eigenvalue weighted by molar-refractivity contribution is -0.122. The highest BCUT2D eigenvalue weighted by Crippen LogP contribution is 2.40. The van der Waals surface area contributed by atoms with Crippen LogP contribution in [0.3, 0.4) is 0 Å². The second-order valence-electron chi connectivity index (χ2n) is 16.3. The van der Waals surface area contributed by atoms with Crippen molar-refractivity contribution in [2.75, 3.05) is 71.0 Å². The summed E-state index contributed by atoms with van der Waals surface area (Å²) in [7, 11) is 1.56. The maximum atomic E-state index is 13.6. The maximum Gasteiger partial charge on any atom is 0.257 e. The fourth-order valence-electron chi connectivity index (χ4n) is 7.61. The summed E-state index contributed by atoms with van der Waals surface area (Å²) in [4.78, 5) is 59.5. The number of hydrogen-bond donors (Lipinski definition) is 3. The van der Waals surface area contributed by atoms with Gasteiger partial charge in [0.2, 0.25) is 17.7 Å². The van der Waals surface area contributed by atoms with E-state index in [1.54, 1.807) is 18.4 Å². The van der Waals surface area contributed by atoms with E-state index in [2.05, 4.69) is 40.0 Å². The number of ether oxygens (including phenoxy) is 3. The van der Waals surface area contributed by atoms with Crippen molar-refractivity contribution in [1.82, 2.24) is 30.3 Å². The number of hydrogen-bond acceptors (Lipinski definition) is 12. The fourth-order valence-corrected chi connectivity index (χ4v) is 10.1. The molecule has 3 aromatic carbocycles. The van der Waals surface area contributed by atoms with Crippen molar-refractivity contribution in [2.45, 2.75) is 53.1 Å². The zero-order valence-electron chi connectivity index (χ0n) is 38.6. The molecule has 15 nitrogen and oxygen atoms in total. The Kier molecular flexibility index (Phi) is 17.5. The number of halogens is 2. The SMILES string of the molecule is Cc1ccc2sc(NC(=O)CCl)c(C(=O)N(C)CC(=O)NCc3ccc(CCOCCOCCOCCNC(=O)C[C@@H]4N=C(c5ccc(Cl)cc5)c5c(sc(C)c5C)-n5c(C)nnc54)cc3)c2c1. The Morgan fingerprint density at radius 3 is 2.21 bits per heavy atom. The van der Waals surface area contributed by atoms with E-state index in [-0.39, 0.29) is 36.6 Å². The molecule has 0 fully saturated rings. The third kappa shape index (κ3) is 12.6. The summed E-state index contributed by atoms with van der Waals surface area (Å²) in [5.41, 5.74) is 7.17. The normalized spacial score (nSPS) is 13.1. The van der Waals surface area contributed by atoms with Crippen molar-refractivity contribution >= 4 is 90.3 Å². The Bertz CT molecular complexity index is 2790. The lowest BCUT2D eigenvalue weighted by atomic mass is 9.99. The average Bonchev–Trinajstić information content (AvgIpc) is 3.95. The predicted molar refractivity (Wildman–Crippen MR) is 268 cm³/mol. The minimum absolute atomic E-state index is 0.0952. The number of nitrogens with zero attached hydrogens (tertiary/aromatic N) is 5. The zero-order chi connectivity index (χ0) is 48.3. The van der Waals surface area contributed by atoms with Crippen LogP contribution in [0.2, 0.25) is 5.02 Å². The average molecular weight is 1000 g/mol. The number of rotatable bonds is 22. The highest BCUT2D eigenvalue weighted by Gasteiger charge is 2.32. The second-order valence-corrected chi connectivity index (χ2v) is 19.2. The lowest BCUT2D eigenvalue weighted by Crippen LogP contribution is -2.38. The lowest BCUT2D eigenvalue weighted by Gasteiger charge is -2.18. The van der Waals surface area contributed by atoms with Crippen LogP contribution in [0.4, 0.5) is 5.00 Å². The number of likely N-dealkylation sites (N-methyl/N-ethyl adjacent to an activating group) is 1. The van der Waals surface area contributed by atoms with Gasteiger partial charge in [-0.3, -0.25) is 28.7 Å². The van der Waals surface area contributed by atoms with Gasteiger partial charge in [-0.15, -0.1) is 44.5 Å². The molecule has 4 heterocycles. The molecule has 0 bridgehead atoms. The molecule has 68 heavy (non-hydrogen) atoms. The van der Waals surface area contributed by atoms with Gasteiger partial charge in [0.1, 0.15) is 27.7 Å². The molecule has 0 saturated heterocycles. The summed E-state index contributed by atoms with van der Waals surface area (Å²) in [6.07, 6.45) is 0.807. The summed E-state index contributed by atoms with van der Waals surface area (Å²) in [6, 6.07) is 20.7. The van der Waals surface area contributed by atoms with Crippen molar-refractivity contribution in [3.05, 3.63) is 127 Å². The van der Waals surface area contributed by atoms with Crippen molar-refractivity contribution in [3.63, 3.8) is 0 Å². The third-order valence-electron chi connectivity index (χ3n) is 11.3. The van der Waals surface area contributed by atoms with E-state index < -0.39 is 11.9 Å². The molecule has 0 unspecified atom stereocenters. The first kappa shape index (κ1) is 50.3. The highest BCUT2D eigenvalue weighted by atomic mass is 35.5. The topological polar surface area (TPSA) is 178 Å². The Morgan fingerprint density at radius 2 is 1.49 bits per heavy atom. The quantitative estimate of drug-likeness (QED) is 0.0455. The van der Waals surface area contributed by atoms with Gasteiger partial charge in [-0.05, 0) is 75.1 Å². The number of aryl methyl sites for hydroxylation is 3. The predicted octanol–water partition coefficient (Wildman–Crippen LogP) is 7.69. The molecule has 3 aromatic heterocycles. The van der Waals surface area contributed by atoms with Crippen molar-refractivity contribution in [2.24, 2.45) is 4.99 Å². The first-order chi connectivity index (χ1) is 32.8. The van der Waals surface area contributed by atoms with Crippen LogP contribution < -0.4 is 16.0 Å². The molecule has 4 amide bonds. The summed E-state index contributed by atoms with van der Waals surface area (Å²) in [6.45, 7) is 11.0. The van der Waals surface area contributed by atoms with Gasteiger partial charge in [-0.2, -0.15) is 0 Å². The fraction of sp³-hybridized carbons (Fsp3) is 0.367. The van der Waals surface area contributed by atoms with Crippen LogP contribution in [-0.4, -0.2) is 115 Å². The summed E-state index contributed by atoms with van der Waals surface area (Å²) in [5.74, 6) is -0.156. The summed E-state index contributed by atoms with van der Waals surface area (Å²) in [5, 5.41) is 20.2. The first-order valence-electron chi connectivity index (χ1n) is 22.2. The molecule has 1 aliphatic rings. The number of anilines is 1. The molecule has 3 N–H and O–H groups in total. The molecule has 0 aliphatic carbocycles. The van der Waals surface area contributed by atoms with Gasteiger partial charge in [-0.25, -0.2) is 0 Å². The third-order valence-corrected chi connectivity index (χ3v) is 14.0. The number of amides is 4. The van der Waals surface area contributed by atoms with Gasteiger partial charge in [0.05, 0.1) is 63.9 Å². The maximum absolute atomic E-state index is 13.6. The minimum Gasteiger partial charge on any atom is -0.379 e. The number of carbonyl (C=O) groups is 4. The van der Waals surface area contributed by atoms with Gasteiger partial charge in [0.25, 0.3) is 5.91 Å². The number of carbonyl (C=O) groups excluding carboxylic acids is 4. The second kappa shape index (κ2) is 23.7. The van der Waals surface area contributed by atoms with Gasteiger partial charge in [-0.1, -0.05) is 59.6 Å². The van der Waals surface area contributed by atoms with Crippen molar-refractivity contribution in [1.29, 1.82) is 0 Å². The van der Waals surface area contributed by atoms with Crippen LogP contribution in [0.15, 0.2) is 71.7 Å². The van der Waals surface area contributed by atoms with E-state index in [0.717, 1.165) is 54.6 Å². The van der Waals surface area contributed by atoms with Gasteiger partial charge in [0, 0.05) is 51.3 Å². The van der Waals surface area contributed by atoms with Crippen LogP contribution in [-0.2, 0) is 41.6 Å². The first-order valence-corrected chi connectivity index (χ1v) is 24.7. The molecule has 1 aliphatic heterocycles. The highest BCUT2D eigenvalue weighted by molar-refractivity contribution is 7.23. The smallest absolute Gasteiger partial charge is 0.257 e. The van der Waals surface area contributed by atoms with Crippen LogP contribution in [0.5, 0.6) is 0 Å². The monoisotopic (exact) mass is 1000 g/mol. The molecular weight excluding hydrogens is 948 g/mol. The molecule has 6 aromatic rings. The van der Waals surface area contributed by atoms with Gasteiger partial charge < -0.3 is 35.1 Å². The van der Waals surface area contributed by atoms with E-state index in [9.17, 15) is 19.2 Å². The van der Waals surface area contributed by atoms with Crippen molar-refractivity contribution < 1.29 is 33.4 Å². The Hall–Kier alpha value is -5.53. The molecule has 7 rings (SSSR count). The minimum atomic E-state index is -0.551. The number of alkyl halides is 1. The molecule has 0 spiro atoms. The molecule has 19 heteroatoms. The van der Waals surface area contributed by atoms with Crippen LogP contribution in [0.1, 0.15) is 72.7 Å². The van der Waals surface area contributed by atoms with Gasteiger partial charge in [0.15, 0.2) is 5.82 Å². The molecule has 358 valence electrons. The van der Waals surface area contributed by atoms with E-state index in [4.69, 9.17) is 42.4 Å². The van der Waals surface area contributed by atoms with E-state index in [1.165, 1.54) is 21.1 Å². The number of benzene rings is 3. The largest absolute Gasteiger partial charge is 0.379 e. The van der Waals surface area contributed by atoms with E-state index >= 15 is 0 Å². The Balaban J connectivity index is 0.755. The summed E-state index contributed by atoms with van der Waals surface area (Å²) >= 11 is 14.9. The van der Waals surface area contributed by atoms with Crippen molar-refractivity contribution in [3.8, 4) is 5.00 Å². The standard InChI is InChI=1S/C49H54Cl2N8O7S2/c1-29-6-15-39-37(24-29)44(47(68-39)55-41(61)26-50)48(63)58(5)28-42(62)53-27-34-9-7-33(8-10-34)16-18-64-20-22-66-23-21-65-19-17-52-40(60)25-38-46-57-56-32(4)59(46)49-43(30(2)31(3)67-49)45(54-38)35-11-13-36(51)14-12-35/h6-15,24,38H,16-23,25-28H2,1-5H3,(H,52,60)(H,53,62)(H,55,61)/t38-/m0/s1. The van der Waals surface area contributed by atoms with Crippen LogP contribution in [0.25, 0.3) is 15.1 Å². The molecule has 0 saturated carbocycles. The summed E-state index contributed by atoms with van der Waals surface area (Å²) < 4.78 is 20.0. The number of thiophene rings is 2. The molecule has 1 atom stereocenters. The van der Waals surface area contributed by atoms with Crippen LogP contribution in [0, 0.1) is 27.7 Å². The van der Waals surface area contributed by atoms with Gasteiger partial charge >= 0.3 is 0 Å². The zero-order valence-corrected chi connectivity index (χ0v) is 41.7. The Morgan fingerprint density at radius 1 is 0.794 bits per heavy atom. The number of nitrogens with one attached hydrogen (secondary N) is 3. The van der Waals surface area contributed by atoms with Crippen LogP contribution >= 0.6 is 45.9 Å². The van der Waals surface area contributed by atoms with E-state index in [1.807, 2.05) is 85.1 Å². The van der Waals surface area contributed by atoms with E-state index in [0.29, 0.717) is 85.9 Å².